The van der Waals surface area contributed by atoms with E-state index in [-0.39, 0.29) is 11.9 Å². The average Bonchev–Trinajstić information content (AvgIpc) is 3.08. The van der Waals surface area contributed by atoms with E-state index in [1.54, 1.807) is 6.07 Å². The molecule has 18 heavy (non-hydrogen) atoms. The lowest BCUT2D eigenvalue weighted by molar-refractivity contribution is 0.0918. The lowest BCUT2D eigenvalue weighted by atomic mass is 10.0. The maximum absolute atomic E-state index is 12.2. The van der Waals surface area contributed by atoms with Crippen LogP contribution in [-0.4, -0.2) is 23.1 Å². The molecule has 0 spiro atoms. The van der Waals surface area contributed by atoms with Gasteiger partial charge in [0, 0.05) is 24.8 Å². The smallest absolute Gasteiger partial charge is 0.268 e. The van der Waals surface area contributed by atoms with E-state index in [0.29, 0.717) is 29.2 Å². The first kappa shape index (κ1) is 13.4. The molecule has 4 nitrogen and oxygen atoms in total. The molecular formula is C13H20ClN3O. The van der Waals surface area contributed by atoms with E-state index < -0.39 is 0 Å². The molecule has 1 atom stereocenters. The molecule has 0 aliphatic heterocycles. The first-order chi connectivity index (χ1) is 8.52. The minimum atomic E-state index is -0.0852. The van der Waals surface area contributed by atoms with Gasteiger partial charge >= 0.3 is 0 Å². The van der Waals surface area contributed by atoms with Crippen molar-refractivity contribution in [2.24, 2.45) is 11.7 Å². The van der Waals surface area contributed by atoms with Gasteiger partial charge in [0.15, 0.2) is 0 Å². The molecule has 1 heterocycles. The molecule has 0 radical (unpaired) electrons. The van der Waals surface area contributed by atoms with Crippen LogP contribution in [0.5, 0.6) is 0 Å². The minimum Gasteiger partial charge on any atom is -0.347 e. The number of nitrogens with one attached hydrogen (secondary N) is 1. The fourth-order valence-corrected chi connectivity index (χ4v) is 2.23. The van der Waals surface area contributed by atoms with Crippen molar-refractivity contribution in [3.05, 3.63) is 23.0 Å². The van der Waals surface area contributed by atoms with E-state index in [4.69, 9.17) is 17.3 Å². The summed E-state index contributed by atoms with van der Waals surface area (Å²) in [5.74, 6) is 0.233. The van der Waals surface area contributed by atoms with Crippen molar-refractivity contribution >= 4 is 17.5 Å². The van der Waals surface area contributed by atoms with Gasteiger partial charge in [-0.15, -0.1) is 0 Å². The number of nitrogens with two attached hydrogens (primary N) is 1. The molecule has 1 aliphatic carbocycles. The maximum atomic E-state index is 12.2. The predicted octanol–water partition coefficient (Wildman–Crippen LogP) is 2.19. The van der Waals surface area contributed by atoms with Crippen LogP contribution in [0, 0.1) is 5.92 Å². The van der Waals surface area contributed by atoms with Crippen LogP contribution in [0.2, 0.25) is 5.02 Å². The molecule has 2 rings (SSSR count). The standard InChI is InChI=1S/C13H20ClN3O/c1-8(2)11(6-15)16-13(18)12-5-9(14)7-17(12)10-3-4-10/h5,7-8,10-11H,3-4,6,15H2,1-2H3,(H,16,18). The molecule has 1 fully saturated rings. The molecule has 1 saturated carbocycles. The number of hydrogen-bond donors (Lipinski definition) is 2. The first-order valence-electron chi connectivity index (χ1n) is 6.41. The van der Waals surface area contributed by atoms with Crippen molar-refractivity contribution in [3.8, 4) is 0 Å². The van der Waals surface area contributed by atoms with E-state index in [0.717, 1.165) is 12.8 Å². The summed E-state index contributed by atoms with van der Waals surface area (Å²) >= 11 is 5.99. The Balaban J connectivity index is 2.13. The zero-order valence-electron chi connectivity index (χ0n) is 10.8. The second-order valence-corrected chi connectivity index (χ2v) is 5.68. The van der Waals surface area contributed by atoms with Gasteiger partial charge in [0.25, 0.3) is 5.91 Å². The summed E-state index contributed by atoms with van der Waals surface area (Å²) in [5, 5.41) is 3.59. The Morgan fingerprint density at radius 2 is 2.28 bits per heavy atom. The van der Waals surface area contributed by atoms with E-state index in [1.165, 1.54) is 0 Å². The van der Waals surface area contributed by atoms with Gasteiger partial charge in [0.05, 0.1) is 5.02 Å². The summed E-state index contributed by atoms with van der Waals surface area (Å²) in [7, 11) is 0. The third-order valence-corrected chi connectivity index (χ3v) is 3.57. The average molecular weight is 270 g/mol. The molecule has 1 aromatic heterocycles. The van der Waals surface area contributed by atoms with Crippen molar-refractivity contribution in [1.82, 2.24) is 9.88 Å². The van der Waals surface area contributed by atoms with Crippen LogP contribution >= 0.6 is 11.6 Å². The number of hydrogen-bond acceptors (Lipinski definition) is 2. The molecule has 0 saturated heterocycles. The molecule has 0 aromatic carbocycles. The van der Waals surface area contributed by atoms with Gasteiger partial charge in [-0.05, 0) is 24.8 Å². The molecule has 100 valence electrons. The number of aromatic nitrogens is 1. The Kier molecular flexibility index (Phi) is 3.97. The molecule has 1 aliphatic rings. The normalized spacial score (nSPS) is 16.9. The number of amides is 1. The fraction of sp³-hybridized carbons (Fsp3) is 0.615. The van der Waals surface area contributed by atoms with Crippen molar-refractivity contribution in [1.29, 1.82) is 0 Å². The fourth-order valence-electron chi connectivity index (χ4n) is 2.02. The van der Waals surface area contributed by atoms with Crippen LogP contribution in [0.25, 0.3) is 0 Å². The van der Waals surface area contributed by atoms with E-state index in [9.17, 15) is 4.79 Å². The molecule has 1 unspecified atom stereocenters. The van der Waals surface area contributed by atoms with Gasteiger partial charge in [-0.1, -0.05) is 25.4 Å². The van der Waals surface area contributed by atoms with Crippen LogP contribution in [0.1, 0.15) is 43.2 Å². The number of carbonyl (C=O) groups excluding carboxylic acids is 1. The Hall–Kier alpha value is -1.00. The van der Waals surface area contributed by atoms with Crippen molar-refractivity contribution in [2.75, 3.05) is 6.54 Å². The summed E-state index contributed by atoms with van der Waals surface area (Å²) in [4.78, 5) is 12.2. The quantitative estimate of drug-likeness (QED) is 0.861. The second kappa shape index (κ2) is 5.33. The van der Waals surface area contributed by atoms with Gasteiger partial charge in [-0.3, -0.25) is 4.79 Å². The van der Waals surface area contributed by atoms with Crippen LogP contribution in [0.3, 0.4) is 0 Å². The number of carbonyl (C=O) groups is 1. The number of rotatable bonds is 5. The molecular weight excluding hydrogens is 250 g/mol. The highest BCUT2D eigenvalue weighted by Gasteiger charge is 2.28. The third-order valence-electron chi connectivity index (χ3n) is 3.36. The predicted molar refractivity (Wildman–Crippen MR) is 72.9 cm³/mol. The van der Waals surface area contributed by atoms with E-state index in [2.05, 4.69) is 5.32 Å². The van der Waals surface area contributed by atoms with Gasteiger partial charge in [0.2, 0.25) is 0 Å². The van der Waals surface area contributed by atoms with Crippen LogP contribution < -0.4 is 11.1 Å². The first-order valence-corrected chi connectivity index (χ1v) is 6.79. The van der Waals surface area contributed by atoms with Crippen molar-refractivity contribution < 1.29 is 4.79 Å². The van der Waals surface area contributed by atoms with E-state index in [1.807, 2.05) is 24.6 Å². The van der Waals surface area contributed by atoms with Crippen molar-refractivity contribution in [2.45, 2.75) is 38.8 Å². The Morgan fingerprint density at radius 3 is 2.78 bits per heavy atom. The van der Waals surface area contributed by atoms with Crippen LogP contribution in [0.15, 0.2) is 12.3 Å². The van der Waals surface area contributed by atoms with Crippen LogP contribution in [0.4, 0.5) is 0 Å². The highest BCUT2D eigenvalue weighted by Crippen LogP contribution is 2.37. The Bertz CT molecular complexity index is 437. The zero-order chi connectivity index (χ0) is 13.3. The Labute approximate surface area is 112 Å². The summed E-state index contributed by atoms with van der Waals surface area (Å²) in [5.41, 5.74) is 6.31. The minimum absolute atomic E-state index is 0.00108. The number of halogens is 1. The highest BCUT2D eigenvalue weighted by atomic mass is 35.5. The number of nitrogens with zero attached hydrogens (tertiary/aromatic N) is 1. The summed E-state index contributed by atoms with van der Waals surface area (Å²) in [6, 6.07) is 2.16. The maximum Gasteiger partial charge on any atom is 0.268 e. The third kappa shape index (κ3) is 2.87. The lowest BCUT2D eigenvalue weighted by Crippen LogP contribution is -2.44. The molecule has 1 amide bonds. The molecule has 0 bridgehead atoms. The SMILES string of the molecule is CC(C)C(CN)NC(=O)c1cc(Cl)cn1C1CC1. The second-order valence-electron chi connectivity index (χ2n) is 5.24. The van der Waals surface area contributed by atoms with Gasteiger partial charge < -0.3 is 15.6 Å². The largest absolute Gasteiger partial charge is 0.347 e. The molecule has 1 aromatic rings. The van der Waals surface area contributed by atoms with Crippen LogP contribution in [-0.2, 0) is 0 Å². The molecule has 3 N–H and O–H groups in total. The lowest BCUT2D eigenvalue weighted by Gasteiger charge is -2.20. The van der Waals surface area contributed by atoms with Gasteiger partial charge in [0.1, 0.15) is 5.69 Å². The van der Waals surface area contributed by atoms with Gasteiger partial charge in [-0.25, -0.2) is 0 Å². The van der Waals surface area contributed by atoms with Crippen molar-refractivity contribution in [3.63, 3.8) is 0 Å². The summed E-state index contributed by atoms with van der Waals surface area (Å²) < 4.78 is 1.98. The molecule has 5 heteroatoms. The van der Waals surface area contributed by atoms with E-state index >= 15 is 0 Å². The monoisotopic (exact) mass is 269 g/mol. The Morgan fingerprint density at radius 1 is 1.61 bits per heavy atom. The topological polar surface area (TPSA) is 60.0 Å². The van der Waals surface area contributed by atoms with Gasteiger partial charge in [-0.2, -0.15) is 0 Å². The summed E-state index contributed by atoms with van der Waals surface area (Å²) in [6.07, 6.45) is 4.08. The summed E-state index contributed by atoms with van der Waals surface area (Å²) in [6.45, 7) is 4.54. The highest BCUT2D eigenvalue weighted by molar-refractivity contribution is 6.31. The zero-order valence-corrected chi connectivity index (χ0v) is 11.6.